The van der Waals surface area contributed by atoms with Gasteiger partial charge in [-0.1, -0.05) is 25.7 Å². The van der Waals surface area contributed by atoms with Gasteiger partial charge in [-0.15, -0.1) is 11.6 Å². The van der Waals surface area contributed by atoms with E-state index in [0.717, 1.165) is 51.7 Å². The molecule has 6 atom stereocenters. The maximum absolute atomic E-state index is 13.7. The number of carbonyl (C=O) groups excluding carboxylic acids is 1. The number of carbonyl (C=O) groups is 1. The zero-order chi connectivity index (χ0) is 24.8. The third-order valence-electron chi connectivity index (χ3n) is 8.79. The van der Waals surface area contributed by atoms with Gasteiger partial charge in [-0.25, -0.2) is 0 Å². The predicted octanol–water partition coefficient (Wildman–Crippen LogP) is 1.98. The summed E-state index contributed by atoms with van der Waals surface area (Å²) in [5.74, 6) is -0.697. The number of alkyl halides is 1. The number of aliphatic imine (C=N–C) groups is 1. The molecule has 2 saturated heterocycles. The minimum atomic E-state index is -0.785. The number of nitrogens with two attached hydrogens (primary N) is 2. The largest absolute Gasteiger partial charge is 0.371 e. The standard InChI is InChI=1S/C26H47ClN6O2/c1-33-13-8-19(17-33)35-22-7-12-30-16-21(22)32-25(34)23(24(28)29)20-14-26(9-4-2-3-5-10-26)11-6-18(27)15-31-20/h15,18-24,30H,2-14,16-17,28-29H2,1H3,(H,32,34)/t18?,19-,20?,21?,22?,23?/m0/s1. The molecule has 8 nitrogen and oxygen atoms in total. The number of hydrogen-bond donors (Lipinski definition) is 4. The second-order valence-corrected chi connectivity index (χ2v) is 12.2. The number of nitrogens with zero attached hydrogens (tertiary/aromatic N) is 2. The van der Waals surface area contributed by atoms with Crippen molar-refractivity contribution in [1.82, 2.24) is 15.5 Å². The van der Waals surface area contributed by atoms with Crippen LogP contribution in [0.3, 0.4) is 0 Å². The van der Waals surface area contributed by atoms with Gasteiger partial charge in [-0.05, 0) is 64.0 Å². The molecule has 35 heavy (non-hydrogen) atoms. The number of halogens is 1. The van der Waals surface area contributed by atoms with Crippen LogP contribution in [0.2, 0.25) is 0 Å². The van der Waals surface area contributed by atoms with Crippen molar-refractivity contribution in [2.45, 2.75) is 106 Å². The van der Waals surface area contributed by atoms with Crippen LogP contribution in [-0.4, -0.2) is 86.1 Å². The molecule has 200 valence electrons. The SMILES string of the molecule is CN1CC[C@H](OC2CCNCC2NC(=O)C(C(N)N)C2CC3(CCCCCC3)CCC(Cl)C=N2)C1. The first-order valence-electron chi connectivity index (χ1n) is 13.9. The van der Waals surface area contributed by atoms with E-state index in [1.54, 1.807) is 0 Å². The van der Waals surface area contributed by atoms with Gasteiger partial charge in [0.2, 0.25) is 5.91 Å². The van der Waals surface area contributed by atoms with Gasteiger partial charge in [-0.3, -0.25) is 9.79 Å². The Morgan fingerprint density at radius 2 is 1.97 bits per heavy atom. The molecule has 1 saturated carbocycles. The Morgan fingerprint density at radius 3 is 2.66 bits per heavy atom. The number of piperidine rings is 1. The average Bonchev–Trinajstić information content (AvgIpc) is 3.08. The molecular weight excluding hydrogens is 464 g/mol. The molecule has 4 aliphatic rings. The summed E-state index contributed by atoms with van der Waals surface area (Å²) in [5.41, 5.74) is 12.7. The third-order valence-corrected chi connectivity index (χ3v) is 9.12. The molecule has 9 heteroatoms. The summed E-state index contributed by atoms with van der Waals surface area (Å²) in [5, 5.41) is 6.58. The number of hydrogen-bond acceptors (Lipinski definition) is 7. The van der Waals surface area contributed by atoms with Crippen LogP contribution in [0.4, 0.5) is 0 Å². The second kappa shape index (κ2) is 12.7. The lowest BCUT2D eigenvalue weighted by atomic mass is 9.69. The number of likely N-dealkylation sites (tertiary alicyclic amines) is 1. The summed E-state index contributed by atoms with van der Waals surface area (Å²) in [6.07, 6.45) is 13.4. The maximum Gasteiger partial charge on any atom is 0.228 e. The second-order valence-electron chi connectivity index (χ2n) is 11.6. The fourth-order valence-electron chi connectivity index (χ4n) is 6.75. The van der Waals surface area contributed by atoms with Crippen LogP contribution in [0.5, 0.6) is 0 Å². The molecular formula is C26H47ClN6O2. The molecule has 1 spiro atoms. The molecule has 3 aliphatic heterocycles. The van der Waals surface area contributed by atoms with Gasteiger partial charge in [0.25, 0.3) is 0 Å². The minimum Gasteiger partial charge on any atom is -0.371 e. The highest BCUT2D eigenvalue weighted by atomic mass is 35.5. The van der Waals surface area contributed by atoms with Crippen molar-refractivity contribution in [3.63, 3.8) is 0 Å². The highest BCUT2D eigenvalue weighted by Gasteiger charge is 2.42. The molecule has 0 aromatic carbocycles. The summed E-state index contributed by atoms with van der Waals surface area (Å²) >= 11 is 6.59. The van der Waals surface area contributed by atoms with E-state index in [-0.39, 0.29) is 41.0 Å². The van der Waals surface area contributed by atoms with Gasteiger partial charge < -0.3 is 31.7 Å². The Balaban J connectivity index is 1.47. The molecule has 3 fully saturated rings. The molecule has 1 amide bonds. The van der Waals surface area contributed by atoms with Gasteiger partial charge in [0.1, 0.15) is 0 Å². The van der Waals surface area contributed by atoms with Gasteiger partial charge in [-0.2, -0.15) is 0 Å². The average molecular weight is 511 g/mol. The van der Waals surface area contributed by atoms with E-state index in [0.29, 0.717) is 6.54 Å². The lowest BCUT2D eigenvalue weighted by molar-refractivity contribution is -0.129. The smallest absolute Gasteiger partial charge is 0.228 e. The van der Waals surface area contributed by atoms with E-state index in [2.05, 4.69) is 22.6 Å². The third kappa shape index (κ3) is 7.39. The Labute approximate surface area is 216 Å². The number of rotatable bonds is 6. The minimum absolute atomic E-state index is 0.00685. The molecule has 0 aromatic rings. The Bertz CT molecular complexity index is 714. The first kappa shape index (κ1) is 27.3. The normalized spacial score (nSPS) is 35.4. The lowest BCUT2D eigenvalue weighted by Gasteiger charge is -2.40. The molecule has 4 rings (SSSR count). The van der Waals surface area contributed by atoms with Crippen molar-refractivity contribution in [1.29, 1.82) is 0 Å². The van der Waals surface area contributed by atoms with Gasteiger partial charge in [0, 0.05) is 25.8 Å². The number of likely N-dealkylation sites (N-methyl/N-ethyl adjacent to an activating group) is 1. The van der Waals surface area contributed by atoms with Crippen LogP contribution in [0.15, 0.2) is 4.99 Å². The van der Waals surface area contributed by atoms with E-state index in [1.807, 2.05) is 6.21 Å². The van der Waals surface area contributed by atoms with Crippen LogP contribution in [0, 0.1) is 11.3 Å². The number of nitrogens with one attached hydrogen (secondary N) is 2. The molecule has 5 unspecified atom stereocenters. The Kier molecular flexibility index (Phi) is 9.86. The number of amides is 1. The van der Waals surface area contributed by atoms with Crippen molar-refractivity contribution in [2.24, 2.45) is 27.8 Å². The van der Waals surface area contributed by atoms with E-state index in [9.17, 15) is 4.79 Å². The van der Waals surface area contributed by atoms with E-state index >= 15 is 0 Å². The van der Waals surface area contributed by atoms with Crippen molar-refractivity contribution < 1.29 is 9.53 Å². The van der Waals surface area contributed by atoms with Crippen LogP contribution in [0.1, 0.15) is 70.6 Å². The molecule has 0 radical (unpaired) electrons. The predicted molar refractivity (Wildman–Crippen MR) is 142 cm³/mol. The summed E-state index contributed by atoms with van der Waals surface area (Å²) in [6.45, 7) is 3.58. The van der Waals surface area contributed by atoms with E-state index in [1.165, 1.54) is 38.5 Å². The molecule has 1 aliphatic carbocycles. The maximum atomic E-state index is 13.7. The molecule has 6 N–H and O–H groups in total. The summed E-state index contributed by atoms with van der Waals surface area (Å²) < 4.78 is 6.47. The van der Waals surface area contributed by atoms with E-state index in [4.69, 9.17) is 32.8 Å². The zero-order valence-electron chi connectivity index (χ0n) is 21.5. The van der Waals surface area contributed by atoms with Gasteiger partial charge >= 0.3 is 0 Å². The van der Waals surface area contributed by atoms with E-state index < -0.39 is 12.1 Å². The lowest BCUT2D eigenvalue weighted by Crippen LogP contribution is -2.60. The van der Waals surface area contributed by atoms with Gasteiger partial charge in [0.15, 0.2) is 0 Å². The highest BCUT2D eigenvalue weighted by Crippen LogP contribution is 2.45. The van der Waals surface area contributed by atoms with Crippen LogP contribution < -0.4 is 22.1 Å². The van der Waals surface area contributed by atoms with Crippen molar-refractivity contribution >= 4 is 23.7 Å². The Hall–Kier alpha value is -0.770. The van der Waals surface area contributed by atoms with Gasteiger partial charge in [0.05, 0.1) is 41.8 Å². The first-order valence-corrected chi connectivity index (χ1v) is 14.3. The Morgan fingerprint density at radius 1 is 1.20 bits per heavy atom. The fraction of sp³-hybridized carbons (Fsp3) is 0.923. The van der Waals surface area contributed by atoms with Crippen molar-refractivity contribution in [2.75, 3.05) is 33.2 Å². The molecule has 3 heterocycles. The van der Waals surface area contributed by atoms with Crippen LogP contribution in [0.25, 0.3) is 0 Å². The quantitative estimate of drug-likeness (QED) is 0.320. The summed E-state index contributed by atoms with van der Waals surface area (Å²) in [7, 11) is 2.13. The monoisotopic (exact) mass is 510 g/mol. The van der Waals surface area contributed by atoms with Crippen molar-refractivity contribution in [3.05, 3.63) is 0 Å². The van der Waals surface area contributed by atoms with Crippen LogP contribution >= 0.6 is 11.6 Å². The summed E-state index contributed by atoms with van der Waals surface area (Å²) in [6, 6.07) is -0.359. The fourth-order valence-corrected chi connectivity index (χ4v) is 6.93. The number of ether oxygens (including phenoxy) is 1. The van der Waals surface area contributed by atoms with Crippen LogP contribution in [-0.2, 0) is 9.53 Å². The molecule has 0 bridgehead atoms. The zero-order valence-corrected chi connectivity index (χ0v) is 22.2. The summed E-state index contributed by atoms with van der Waals surface area (Å²) in [4.78, 5) is 20.9. The molecule has 0 aromatic heterocycles. The first-order chi connectivity index (χ1) is 16.8. The highest BCUT2D eigenvalue weighted by molar-refractivity contribution is 6.28. The van der Waals surface area contributed by atoms with Crippen molar-refractivity contribution in [3.8, 4) is 0 Å². The topological polar surface area (TPSA) is 118 Å².